The van der Waals surface area contributed by atoms with Gasteiger partial charge in [0.25, 0.3) is 5.91 Å². The molecule has 0 bridgehead atoms. The van der Waals surface area contributed by atoms with E-state index in [1.807, 2.05) is 6.92 Å². The SMILES string of the molecule is CCN(C(=O)COC(=O)CNS(=O)(=O)c1ccc(C)cc1)[C@H]1CCS(=O)(=O)C1. The Kier molecular flexibility index (Phi) is 7.18. The van der Waals surface area contributed by atoms with Gasteiger partial charge < -0.3 is 9.64 Å². The maximum Gasteiger partial charge on any atom is 0.321 e. The number of sulfonamides is 1. The number of nitrogens with zero attached hydrogens (tertiary/aromatic N) is 1. The molecule has 1 amide bonds. The van der Waals surface area contributed by atoms with Crippen molar-refractivity contribution in [2.24, 2.45) is 0 Å². The van der Waals surface area contributed by atoms with Gasteiger partial charge in [-0.05, 0) is 32.4 Å². The monoisotopic (exact) mass is 432 g/mol. The smallest absolute Gasteiger partial charge is 0.321 e. The molecular weight excluding hydrogens is 408 g/mol. The first-order valence-corrected chi connectivity index (χ1v) is 12.1. The Labute approximate surface area is 165 Å². The lowest BCUT2D eigenvalue weighted by molar-refractivity contribution is -0.151. The van der Waals surface area contributed by atoms with Crippen molar-refractivity contribution >= 4 is 31.7 Å². The lowest BCUT2D eigenvalue weighted by Gasteiger charge is -2.26. The van der Waals surface area contributed by atoms with Crippen LogP contribution in [0.1, 0.15) is 18.9 Å². The van der Waals surface area contributed by atoms with Crippen molar-refractivity contribution < 1.29 is 31.2 Å². The van der Waals surface area contributed by atoms with E-state index in [9.17, 15) is 26.4 Å². The summed E-state index contributed by atoms with van der Waals surface area (Å²) in [6.45, 7) is 2.62. The van der Waals surface area contributed by atoms with Crippen LogP contribution in [0, 0.1) is 6.92 Å². The van der Waals surface area contributed by atoms with E-state index >= 15 is 0 Å². The Morgan fingerprint density at radius 2 is 1.89 bits per heavy atom. The minimum atomic E-state index is -3.87. The van der Waals surface area contributed by atoms with Crippen molar-refractivity contribution in [3.63, 3.8) is 0 Å². The van der Waals surface area contributed by atoms with Crippen LogP contribution in [-0.2, 0) is 34.2 Å². The van der Waals surface area contributed by atoms with Crippen LogP contribution < -0.4 is 4.72 Å². The summed E-state index contributed by atoms with van der Waals surface area (Å²) in [4.78, 5) is 25.4. The zero-order chi connectivity index (χ0) is 20.9. The van der Waals surface area contributed by atoms with Crippen LogP contribution in [0.25, 0.3) is 0 Å². The van der Waals surface area contributed by atoms with Crippen molar-refractivity contribution in [1.82, 2.24) is 9.62 Å². The van der Waals surface area contributed by atoms with Gasteiger partial charge in [0.15, 0.2) is 16.4 Å². The fraction of sp³-hybridized carbons (Fsp3) is 0.529. The molecule has 1 aromatic rings. The van der Waals surface area contributed by atoms with E-state index in [0.29, 0.717) is 6.42 Å². The molecule has 0 unspecified atom stereocenters. The number of likely N-dealkylation sites (N-methyl/N-ethyl adjacent to an activating group) is 1. The second kappa shape index (κ2) is 9.01. The molecule has 156 valence electrons. The summed E-state index contributed by atoms with van der Waals surface area (Å²) in [6, 6.07) is 5.67. The molecule has 1 aliphatic heterocycles. The normalized spacial score (nSPS) is 18.6. The second-order valence-corrected chi connectivity index (χ2v) is 10.5. The van der Waals surface area contributed by atoms with Crippen molar-refractivity contribution in [1.29, 1.82) is 0 Å². The summed E-state index contributed by atoms with van der Waals surface area (Å²) in [5.74, 6) is -1.49. The van der Waals surface area contributed by atoms with E-state index < -0.39 is 50.9 Å². The van der Waals surface area contributed by atoms with Crippen LogP contribution in [0.2, 0.25) is 0 Å². The molecule has 2 rings (SSSR count). The average Bonchev–Trinajstić information content (AvgIpc) is 2.99. The van der Waals surface area contributed by atoms with Gasteiger partial charge in [-0.25, -0.2) is 16.8 Å². The lowest BCUT2D eigenvalue weighted by atomic mass is 10.2. The number of nitrogens with one attached hydrogen (secondary N) is 1. The summed E-state index contributed by atoms with van der Waals surface area (Å²) >= 11 is 0. The Morgan fingerprint density at radius 1 is 1.25 bits per heavy atom. The summed E-state index contributed by atoms with van der Waals surface area (Å²) in [6.07, 6.45) is 0.353. The van der Waals surface area contributed by atoms with Crippen molar-refractivity contribution in [3.8, 4) is 0 Å². The van der Waals surface area contributed by atoms with Gasteiger partial charge in [-0.15, -0.1) is 0 Å². The van der Waals surface area contributed by atoms with E-state index in [2.05, 4.69) is 4.72 Å². The van der Waals surface area contributed by atoms with Gasteiger partial charge in [-0.1, -0.05) is 17.7 Å². The number of carbonyl (C=O) groups excluding carboxylic acids is 2. The highest BCUT2D eigenvalue weighted by Crippen LogP contribution is 2.17. The fourth-order valence-electron chi connectivity index (χ4n) is 2.89. The Balaban J connectivity index is 1.84. The predicted octanol–water partition coefficient (Wildman–Crippen LogP) is -0.148. The number of amides is 1. The Hall–Kier alpha value is -1.98. The number of ether oxygens (including phenoxy) is 1. The van der Waals surface area contributed by atoms with Gasteiger partial charge in [0.2, 0.25) is 10.0 Å². The molecule has 1 N–H and O–H groups in total. The number of benzene rings is 1. The molecule has 1 fully saturated rings. The first-order chi connectivity index (χ1) is 13.0. The Morgan fingerprint density at radius 3 is 2.43 bits per heavy atom. The standard InChI is InChI=1S/C17H24N2O7S2/c1-3-19(14-8-9-27(22,23)12-14)16(20)11-26-17(21)10-18-28(24,25)15-6-4-13(2)5-7-15/h4-7,14,18H,3,8-12H2,1-2H3/t14-/m0/s1. The van der Waals surface area contributed by atoms with Crippen LogP contribution in [0.4, 0.5) is 0 Å². The maximum absolute atomic E-state index is 12.2. The number of rotatable bonds is 8. The molecule has 0 radical (unpaired) electrons. The molecule has 1 atom stereocenters. The van der Waals surface area contributed by atoms with Crippen molar-refractivity contribution in [2.45, 2.75) is 31.2 Å². The third kappa shape index (κ3) is 6.01. The number of sulfone groups is 1. The van der Waals surface area contributed by atoms with E-state index in [0.717, 1.165) is 5.56 Å². The molecule has 1 aromatic carbocycles. The fourth-order valence-corrected chi connectivity index (χ4v) is 5.59. The van der Waals surface area contributed by atoms with Crippen LogP contribution in [0.15, 0.2) is 29.2 Å². The van der Waals surface area contributed by atoms with Crippen LogP contribution in [-0.4, -0.2) is 70.9 Å². The number of hydrogen-bond acceptors (Lipinski definition) is 7. The van der Waals surface area contributed by atoms with E-state index in [4.69, 9.17) is 4.74 Å². The molecule has 1 saturated heterocycles. The third-order valence-corrected chi connectivity index (χ3v) is 7.57. The molecule has 1 heterocycles. The molecule has 11 heteroatoms. The van der Waals surface area contributed by atoms with Crippen LogP contribution in [0.3, 0.4) is 0 Å². The molecular formula is C17H24N2O7S2. The van der Waals surface area contributed by atoms with Gasteiger partial charge in [0.1, 0.15) is 6.54 Å². The lowest BCUT2D eigenvalue weighted by Crippen LogP contribution is -2.43. The summed E-state index contributed by atoms with van der Waals surface area (Å²) in [5, 5.41) is 0. The topological polar surface area (TPSA) is 127 Å². The van der Waals surface area contributed by atoms with E-state index in [1.54, 1.807) is 19.1 Å². The van der Waals surface area contributed by atoms with Gasteiger partial charge in [0.05, 0.1) is 16.4 Å². The molecule has 0 saturated carbocycles. The maximum atomic E-state index is 12.2. The first-order valence-electron chi connectivity index (χ1n) is 8.76. The summed E-state index contributed by atoms with van der Waals surface area (Å²) < 4.78 is 54.4. The molecule has 9 nitrogen and oxygen atoms in total. The minimum absolute atomic E-state index is 0.0153. The number of esters is 1. The number of carbonyl (C=O) groups is 2. The average molecular weight is 433 g/mol. The number of hydrogen-bond donors (Lipinski definition) is 1. The molecule has 0 aromatic heterocycles. The highest BCUT2D eigenvalue weighted by molar-refractivity contribution is 7.91. The first kappa shape index (κ1) is 22.3. The number of aryl methyl sites for hydroxylation is 1. The zero-order valence-corrected chi connectivity index (χ0v) is 17.4. The van der Waals surface area contributed by atoms with Crippen molar-refractivity contribution in [2.75, 3.05) is 31.2 Å². The highest BCUT2D eigenvalue weighted by Gasteiger charge is 2.34. The highest BCUT2D eigenvalue weighted by atomic mass is 32.2. The van der Waals surface area contributed by atoms with Gasteiger partial charge in [0, 0.05) is 12.6 Å². The van der Waals surface area contributed by atoms with Crippen LogP contribution >= 0.6 is 0 Å². The van der Waals surface area contributed by atoms with E-state index in [1.165, 1.54) is 17.0 Å². The van der Waals surface area contributed by atoms with Gasteiger partial charge >= 0.3 is 5.97 Å². The summed E-state index contributed by atoms with van der Waals surface area (Å²) in [5.41, 5.74) is 0.896. The van der Waals surface area contributed by atoms with Crippen molar-refractivity contribution in [3.05, 3.63) is 29.8 Å². The summed E-state index contributed by atoms with van der Waals surface area (Å²) in [7, 11) is -7.02. The van der Waals surface area contributed by atoms with Gasteiger partial charge in [-0.2, -0.15) is 4.72 Å². The zero-order valence-electron chi connectivity index (χ0n) is 15.8. The minimum Gasteiger partial charge on any atom is -0.455 e. The quantitative estimate of drug-likeness (QED) is 0.566. The van der Waals surface area contributed by atoms with E-state index in [-0.39, 0.29) is 22.9 Å². The third-order valence-electron chi connectivity index (χ3n) is 4.40. The predicted molar refractivity (Wildman–Crippen MR) is 102 cm³/mol. The molecule has 0 aliphatic carbocycles. The molecule has 0 spiro atoms. The largest absolute Gasteiger partial charge is 0.455 e. The second-order valence-electron chi connectivity index (χ2n) is 6.53. The van der Waals surface area contributed by atoms with Crippen LogP contribution in [0.5, 0.6) is 0 Å². The van der Waals surface area contributed by atoms with Gasteiger partial charge in [-0.3, -0.25) is 9.59 Å². The Bertz CT molecular complexity index is 925. The molecule has 28 heavy (non-hydrogen) atoms. The molecule has 1 aliphatic rings.